The summed E-state index contributed by atoms with van der Waals surface area (Å²) in [6.45, 7) is -0.927. The summed E-state index contributed by atoms with van der Waals surface area (Å²) in [5, 5.41) is 9.99. The molecule has 1 saturated carbocycles. The van der Waals surface area contributed by atoms with E-state index in [2.05, 4.69) is 15.5 Å². The first-order valence-electron chi connectivity index (χ1n) is 7.22. The monoisotopic (exact) mass is 340 g/mol. The second kappa shape index (κ2) is 8.00. The number of aromatic nitrogens is 4. The molecule has 1 aliphatic rings. The van der Waals surface area contributed by atoms with E-state index in [4.69, 9.17) is 4.74 Å². The molecule has 22 heavy (non-hydrogen) atoms. The van der Waals surface area contributed by atoms with Crippen molar-refractivity contribution < 1.29 is 22.1 Å². The number of hydrogen-bond acceptors (Lipinski definition) is 5. The van der Waals surface area contributed by atoms with Gasteiger partial charge >= 0.3 is 6.18 Å². The SMILES string of the molecule is O=S(CCOC1CCCCC1)Cc1nnnn1CC(F)(F)F. The Labute approximate surface area is 128 Å². The summed E-state index contributed by atoms with van der Waals surface area (Å²) in [4.78, 5) is 0. The van der Waals surface area contributed by atoms with E-state index < -0.39 is 23.5 Å². The molecule has 0 aliphatic heterocycles. The highest BCUT2D eigenvalue weighted by Crippen LogP contribution is 2.20. The average molecular weight is 340 g/mol. The Kier molecular flexibility index (Phi) is 6.30. The van der Waals surface area contributed by atoms with Gasteiger partial charge in [-0.2, -0.15) is 13.2 Å². The van der Waals surface area contributed by atoms with Crippen LogP contribution < -0.4 is 0 Å². The van der Waals surface area contributed by atoms with Crippen LogP contribution in [-0.4, -0.2) is 49.1 Å². The largest absolute Gasteiger partial charge is 0.408 e. The third-order valence-electron chi connectivity index (χ3n) is 3.44. The van der Waals surface area contributed by atoms with Gasteiger partial charge in [-0.3, -0.25) is 4.21 Å². The second-order valence-electron chi connectivity index (χ2n) is 5.29. The Morgan fingerprint density at radius 3 is 2.68 bits per heavy atom. The summed E-state index contributed by atoms with van der Waals surface area (Å²) in [7, 11) is -1.35. The number of halogens is 3. The lowest BCUT2D eigenvalue weighted by molar-refractivity contribution is -0.143. The van der Waals surface area contributed by atoms with Crippen molar-refractivity contribution in [3.8, 4) is 0 Å². The van der Waals surface area contributed by atoms with Crippen LogP contribution in [0.4, 0.5) is 13.2 Å². The molecular formula is C12H19F3N4O2S. The first kappa shape index (κ1) is 17.3. The molecule has 0 spiro atoms. The normalized spacial score (nSPS) is 18.5. The van der Waals surface area contributed by atoms with Crippen LogP contribution in [0.1, 0.15) is 37.9 Å². The van der Waals surface area contributed by atoms with Crippen LogP contribution in [0.5, 0.6) is 0 Å². The zero-order valence-corrected chi connectivity index (χ0v) is 12.9. The van der Waals surface area contributed by atoms with Crippen molar-refractivity contribution in [2.75, 3.05) is 12.4 Å². The minimum atomic E-state index is -4.41. The van der Waals surface area contributed by atoms with Crippen LogP contribution in [0.2, 0.25) is 0 Å². The molecule has 1 unspecified atom stereocenters. The van der Waals surface area contributed by atoms with Gasteiger partial charge < -0.3 is 4.74 Å². The van der Waals surface area contributed by atoms with E-state index in [-0.39, 0.29) is 23.4 Å². The molecule has 10 heteroatoms. The predicted octanol–water partition coefficient (Wildman–Crippen LogP) is 1.83. The van der Waals surface area contributed by atoms with Gasteiger partial charge in [-0.1, -0.05) is 19.3 Å². The molecular weight excluding hydrogens is 321 g/mol. The van der Waals surface area contributed by atoms with Crippen LogP contribution in [0.3, 0.4) is 0 Å². The highest BCUT2D eigenvalue weighted by Gasteiger charge is 2.30. The van der Waals surface area contributed by atoms with Gasteiger partial charge in [-0.25, -0.2) is 4.68 Å². The maximum Gasteiger partial charge on any atom is 0.408 e. The third-order valence-corrected chi connectivity index (χ3v) is 4.64. The molecule has 126 valence electrons. The van der Waals surface area contributed by atoms with Gasteiger partial charge in [0.25, 0.3) is 0 Å². The van der Waals surface area contributed by atoms with Crippen LogP contribution >= 0.6 is 0 Å². The van der Waals surface area contributed by atoms with E-state index in [1.54, 1.807) is 0 Å². The Bertz CT molecular complexity index is 489. The zero-order valence-electron chi connectivity index (χ0n) is 12.1. The topological polar surface area (TPSA) is 69.9 Å². The molecule has 0 aromatic carbocycles. The van der Waals surface area contributed by atoms with E-state index in [9.17, 15) is 17.4 Å². The zero-order chi connectivity index (χ0) is 16.0. The van der Waals surface area contributed by atoms with Gasteiger partial charge in [0.15, 0.2) is 5.82 Å². The molecule has 1 aromatic rings. The smallest absolute Gasteiger partial charge is 0.377 e. The first-order valence-corrected chi connectivity index (χ1v) is 8.71. The number of hydrogen-bond donors (Lipinski definition) is 0. The number of rotatable bonds is 7. The van der Waals surface area contributed by atoms with Crippen LogP contribution in [0.25, 0.3) is 0 Å². The molecule has 1 atom stereocenters. The molecule has 2 rings (SSSR count). The summed E-state index contributed by atoms with van der Waals surface area (Å²) in [5.41, 5.74) is 0. The molecule has 0 bridgehead atoms. The molecule has 1 aliphatic carbocycles. The van der Waals surface area contributed by atoms with Crippen molar-refractivity contribution in [1.82, 2.24) is 20.2 Å². The van der Waals surface area contributed by atoms with Gasteiger partial charge in [-0.05, 0) is 23.3 Å². The standard InChI is InChI=1S/C12H19F3N4O2S/c13-12(14,15)9-19-11(16-17-18-19)8-22(20)7-6-21-10-4-2-1-3-5-10/h10H,1-9H2. The minimum Gasteiger partial charge on any atom is -0.377 e. The highest BCUT2D eigenvalue weighted by atomic mass is 32.2. The van der Waals surface area contributed by atoms with E-state index in [1.165, 1.54) is 6.42 Å². The van der Waals surface area contributed by atoms with Gasteiger partial charge in [0, 0.05) is 16.6 Å². The van der Waals surface area contributed by atoms with Gasteiger partial charge in [0.2, 0.25) is 0 Å². The summed E-state index contributed by atoms with van der Waals surface area (Å²) in [6, 6.07) is 0. The van der Waals surface area contributed by atoms with E-state index >= 15 is 0 Å². The Balaban J connectivity index is 1.74. The summed E-state index contributed by atoms with van der Waals surface area (Å²) in [6.07, 6.45) is 1.40. The molecule has 6 nitrogen and oxygen atoms in total. The van der Waals surface area contributed by atoms with Crippen LogP contribution in [0, 0.1) is 0 Å². The Morgan fingerprint density at radius 2 is 2.00 bits per heavy atom. The fourth-order valence-corrected chi connectivity index (χ4v) is 3.30. The molecule has 0 saturated heterocycles. The molecule has 0 radical (unpaired) electrons. The van der Waals surface area contributed by atoms with Crippen molar-refractivity contribution >= 4 is 10.8 Å². The minimum absolute atomic E-state index is 0.0201. The van der Waals surface area contributed by atoms with Crippen molar-refractivity contribution in [3.05, 3.63) is 5.82 Å². The van der Waals surface area contributed by atoms with Crippen LogP contribution in [0.15, 0.2) is 0 Å². The van der Waals surface area contributed by atoms with Gasteiger partial charge in [0.1, 0.15) is 6.54 Å². The lowest BCUT2D eigenvalue weighted by atomic mass is 9.98. The molecule has 1 aromatic heterocycles. The maximum absolute atomic E-state index is 12.3. The highest BCUT2D eigenvalue weighted by molar-refractivity contribution is 7.84. The maximum atomic E-state index is 12.3. The number of ether oxygens (including phenoxy) is 1. The quantitative estimate of drug-likeness (QED) is 0.757. The predicted molar refractivity (Wildman–Crippen MR) is 73.4 cm³/mol. The molecule has 0 amide bonds. The summed E-state index contributed by atoms with van der Waals surface area (Å²) >= 11 is 0. The lowest BCUT2D eigenvalue weighted by Gasteiger charge is -2.21. The van der Waals surface area contributed by atoms with Gasteiger partial charge in [-0.15, -0.1) is 5.10 Å². The molecule has 0 N–H and O–H groups in total. The lowest BCUT2D eigenvalue weighted by Crippen LogP contribution is -2.22. The van der Waals surface area contributed by atoms with Crippen LogP contribution in [-0.2, 0) is 27.8 Å². The fraction of sp³-hybridized carbons (Fsp3) is 0.917. The number of nitrogens with zero attached hydrogens (tertiary/aromatic N) is 4. The Hall–Kier alpha value is -1.03. The Morgan fingerprint density at radius 1 is 1.27 bits per heavy atom. The average Bonchev–Trinajstić information content (AvgIpc) is 2.85. The number of tetrazole rings is 1. The second-order valence-corrected chi connectivity index (χ2v) is 6.86. The van der Waals surface area contributed by atoms with Crippen molar-refractivity contribution in [3.63, 3.8) is 0 Å². The van der Waals surface area contributed by atoms with Gasteiger partial charge in [0.05, 0.1) is 18.5 Å². The summed E-state index contributed by atoms with van der Waals surface area (Å²) in [5.74, 6) is 0.153. The van der Waals surface area contributed by atoms with E-state index in [1.807, 2.05) is 0 Å². The number of alkyl halides is 3. The molecule has 1 fully saturated rings. The van der Waals surface area contributed by atoms with Crippen molar-refractivity contribution in [2.24, 2.45) is 0 Å². The van der Waals surface area contributed by atoms with Crippen molar-refractivity contribution in [1.29, 1.82) is 0 Å². The summed E-state index contributed by atoms with van der Waals surface area (Å²) < 4.78 is 55.2. The molecule has 1 heterocycles. The first-order chi connectivity index (χ1) is 10.4. The van der Waals surface area contributed by atoms with Crippen molar-refractivity contribution in [2.45, 2.75) is 56.7 Å². The fourth-order valence-electron chi connectivity index (χ4n) is 2.37. The third kappa shape index (κ3) is 5.99. The van der Waals surface area contributed by atoms with E-state index in [0.29, 0.717) is 11.3 Å². The van der Waals surface area contributed by atoms with E-state index in [0.717, 1.165) is 25.7 Å².